The second kappa shape index (κ2) is 4.78. The van der Waals surface area contributed by atoms with Gasteiger partial charge in [0.25, 0.3) is 5.91 Å². The average Bonchev–Trinajstić information content (AvgIpc) is 2.74. The summed E-state index contributed by atoms with van der Waals surface area (Å²) in [5.74, 6) is -0.614. The monoisotopic (exact) mass is 233 g/mol. The van der Waals surface area contributed by atoms with Crippen molar-refractivity contribution in [2.24, 2.45) is 0 Å². The Morgan fingerprint density at radius 2 is 2.24 bits per heavy atom. The predicted molar refractivity (Wildman–Crippen MR) is 60.9 cm³/mol. The zero-order valence-corrected chi connectivity index (χ0v) is 9.33. The van der Waals surface area contributed by atoms with E-state index in [9.17, 15) is 9.18 Å². The summed E-state index contributed by atoms with van der Waals surface area (Å²) in [4.78, 5) is 11.7. The molecule has 88 valence electrons. The molecule has 2 aromatic rings. The molecule has 5 heteroatoms. The second-order valence-electron chi connectivity index (χ2n) is 3.70. The molecule has 2 N–H and O–H groups in total. The predicted octanol–water partition coefficient (Wildman–Crippen LogP) is 1.79. The van der Waals surface area contributed by atoms with Gasteiger partial charge in [-0.1, -0.05) is 18.2 Å². The van der Waals surface area contributed by atoms with E-state index < -0.39 is 0 Å². The standard InChI is InChI=1S/C12H12FN3O/c1-8-6-15-16-11(8)12(17)14-7-9-4-2-3-5-10(9)13/h2-6H,7H2,1H3,(H,14,17)(H,15,16). The maximum Gasteiger partial charge on any atom is 0.269 e. The van der Waals surface area contributed by atoms with Crippen molar-refractivity contribution < 1.29 is 9.18 Å². The number of carbonyl (C=O) groups excluding carboxylic acids is 1. The lowest BCUT2D eigenvalue weighted by atomic mass is 10.2. The van der Waals surface area contributed by atoms with E-state index in [-0.39, 0.29) is 18.3 Å². The van der Waals surface area contributed by atoms with Gasteiger partial charge in [-0.2, -0.15) is 5.10 Å². The number of nitrogens with zero attached hydrogens (tertiary/aromatic N) is 1. The molecular weight excluding hydrogens is 221 g/mol. The highest BCUT2D eigenvalue weighted by Crippen LogP contribution is 2.07. The molecule has 17 heavy (non-hydrogen) atoms. The average molecular weight is 233 g/mol. The molecule has 0 saturated carbocycles. The van der Waals surface area contributed by atoms with Gasteiger partial charge in [-0.25, -0.2) is 4.39 Å². The summed E-state index contributed by atoms with van der Waals surface area (Å²) in [6, 6.07) is 6.34. The smallest absolute Gasteiger partial charge is 0.269 e. The van der Waals surface area contributed by atoms with Crippen LogP contribution in [0.1, 0.15) is 21.6 Å². The zero-order chi connectivity index (χ0) is 12.3. The Morgan fingerprint density at radius 1 is 1.47 bits per heavy atom. The van der Waals surface area contributed by atoms with Crippen LogP contribution in [0.3, 0.4) is 0 Å². The highest BCUT2D eigenvalue weighted by atomic mass is 19.1. The van der Waals surface area contributed by atoms with Crippen molar-refractivity contribution in [3.05, 3.63) is 53.1 Å². The molecule has 0 bridgehead atoms. The lowest BCUT2D eigenvalue weighted by Crippen LogP contribution is -2.24. The van der Waals surface area contributed by atoms with E-state index in [0.29, 0.717) is 11.3 Å². The molecule has 0 radical (unpaired) electrons. The molecule has 0 fully saturated rings. The number of H-pyrrole nitrogens is 1. The minimum atomic E-state index is -0.325. The van der Waals surface area contributed by atoms with Crippen LogP contribution in [-0.4, -0.2) is 16.1 Å². The van der Waals surface area contributed by atoms with Crippen LogP contribution >= 0.6 is 0 Å². The minimum absolute atomic E-state index is 0.157. The number of nitrogens with one attached hydrogen (secondary N) is 2. The number of aromatic nitrogens is 2. The Kier molecular flexibility index (Phi) is 3.18. The Labute approximate surface area is 97.9 Å². The van der Waals surface area contributed by atoms with Gasteiger partial charge in [-0.05, 0) is 18.6 Å². The molecule has 1 amide bonds. The number of aromatic amines is 1. The van der Waals surface area contributed by atoms with Crippen LogP contribution in [0.4, 0.5) is 4.39 Å². The van der Waals surface area contributed by atoms with Crippen LogP contribution in [0.25, 0.3) is 0 Å². The number of hydrogen-bond acceptors (Lipinski definition) is 2. The molecule has 4 nitrogen and oxygen atoms in total. The molecule has 1 heterocycles. The summed E-state index contributed by atoms with van der Waals surface area (Å²) in [6.45, 7) is 1.94. The van der Waals surface area contributed by atoms with Crippen molar-refractivity contribution in [1.82, 2.24) is 15.5 Å². The first-order valence-corrected chi connectivity index (χ1v) is 5.20. The molecule has 0 unspecified atom stereocenters. The van der Waals surface area contributed by atoms with E-state index in [1.165, 1.54) is 6.07 Å². The van der Waals surface area contributed by atoms with E-state index in [1.807, 2.05) is 0 Å². The molecule has 0 aliphatic carbocycles. The van der Waals surface area contributed by atoms with E-state index in [0.717, 1.165) is 5.56 Å². The molecular formula is C12H12FN3O. The lowest BCUT2D eigenvalue weighted by Gasteiger charge is -2.05. The quantitative estimate of drug-likeness (QED) is 0.849. The van der Waals surface area contributed by atoms with Gasteiger partial charge in [0.15, 0.2) is 0 Å². The van der Waals surface area contributed by atoms with E-state index in [2.05, 4.69) is 15.5 Å². The Morgan fingerprint density at radius 3 is 2.88 bits per heavy atom. The molecule has 2 rings (SSSR count). The summed E-state index contributed by atoms with van der Waals surface area (Å²) in [6.07, 6.45) is 1.57. The van der Waals surface area contributed by atoms with Crippen molar-refractivity contribution in [3.63, 3.8) is 0 Å². The van der Waals surface area contributed by atoms with E-state index >= 15 is 0 Å². The van der Waals surface area contributed by atoms with Gasteiger partial charge in [-0.15, -0.1) is 0 Å². The summed E-state index contributed by atoms with van der Waals surface area (Å²) in [7, 11) is 0. The Balaban J connectivity index is 2.02. The summed E-state index contributed by atoms with van der Waals surface area (Å²) in [5.41, 5.74) is 1.62. The SMILES string of the molecule is Cc1cn[nH]c1C(=O)NCc1ccccc1F. The highest BCUT2D eigenvalue weighted by molar-refractivity contribution is 5.93. The molecule has 0 spiro atoms. The van der Waals surface area contributed by atoms with Gasteiger partial charge in [0, 0.05) is 12.1 Å². The van der Waals surface area contributed by atoms with E-state index in [4.69, 9.17) is 0 Å². The number of halogens is 1. The molecule has 1 aromatic carbocycles. The fraction of sp³-hybridized carbons (Fsp3) is 0.167. The van der Waals surface area contributed by atoms with Crippen molar-refractivity contribution in [1.29, 1.82) is 0 Å². The second-order valence-corrected chi connectivity index (χ2v) is 3.70. The Bertz CT molecular complexity index is 536. The fourth-order valence-corrected chi connectivity index (χ4v) is 1.48. The number of carbonyl (C=O) groups is 1. The molecule has 0 aliphatic rings. The number of benzene rings is 1. The summed E-state index contributed by atoms with van der Waals surface area (Å²) >= 11 is 0. The van der Waals surface area contributed by atoms with Crippen LogP contribution in [0.15, 0.2) is 30.5 Å². The molecule has 1 aromatic heterocycles. The first-order valence-electron chi connectivity index (χ1n) is 5.20. The van der Waals surface area contributed by atoms with Crippen molar-refractivity contribution in [2.45, 2.75) is 13.5 Å². The summed E-state index contributed by atoms with van der Waals surface area (Å²) in [5, 5.41) is 8.99. The Hall–Kier alpha value is -2.17. The molecule has 0 aliphatic heterocycles. The largest absolute Gasteiger partial charge is 0.347 e. The van der Waals surface area contributed by atoms with Crippen LogP contribution in [0.5, 0.6) is 0 Å². The third-order valence-corrected chi connectivity index (χ3v) is 2.45. The van der Waals surface area contributed by atoms with Crippen molar-refractivity contribution in [2.75, 3.05) is 0 Å². The zero-order valence-electron chi connectivity index (χ0n) is 9.33. The first kappa shape index (κ1) is 11.3. The van der Waals surface area contributed by atoms with Gasteiger partial charge in [0.1, 0.15) is 11.5 Å². The topological polar surface area (TPSA) is 57.8 Å². The van der Waals surface area contributed by atoms with Crippen LogP contribution in [0, 0.1) is 12.7 Å². The number of amides is 1. The third-order valence-electron chi connectivity index (χ3n) is 2.45. The number of rotatable bonds is 3. The van der Waals surface area contributed by atoms with Crippen LogP contribution in [-0.2, 0) is 6.54 Å². The molecule has 0 atom stereocenters. The summed E-state index contributed by atoms with van der Waals surface area (Å²) < 4.78 is 13.3. The first-order chi connectivity index (χ1) is 8.18. The van der Waals surface area contributed by atoms with Gasteiger partial charge < -0.3 is 5.32 Å². The van der Waals surface area contributed by atoms with E-state index in [1.54, 1.807) is 31.3 Å². The maximum atomic E-state index is 13.3. The third kappa shape index (κ3) is 2.50. The minimum Gasteiger partial charge on any atom is -0.347 e. The van der Waals surface area contributed by atoms with Gasteiger partial charge in [0.2, 0.25) is 0 Å². The normalized spacial score (nSPS) is 10.2. The maximum absolute atomic E-state index is 13.3. The molecule has 0 saturated heterocycles. The lowest BCUT2D eigenvalue weighted by molar-refractivity contribution is 0.0945. The van der Waals surface area contributed by atoms with Gasteiger partial charge >= 0.3 is 0 Å². The van der Waals surface area contributed by atoms with Gasteiger partial charge in [-0.3, -0.25) is 9.89 Å². The van der Waals surface area contributed by atoms with Gasteiger partial charge in [0.05, 0.1) is 6.20 Å². The highest BCUT2D eigenvalue weighted by Gasteiger charge is 2.10. The van der Waals surface area contributed by atoms with Crippen molar-refractivity contribution >= 4 is 5.91 Å². The van der Waals surface area contributed by atoms with Crippen LogP contribution < -0.4 is 5.32 Å². The van der Waals surface area contributed by atoms with Crippen LogP contribution in [0.2, 0.25) is 0 Å². The number of aryl methyl sites for hydroxylation is 1. The fourth-order valence-electron chi connectivity index (χ4n) is 1.48. The number of hydrogen-bond donors (Lipinski definition) is 2. The van der Waals surface area contributed by atoms with Crippen molar-refractivity contribution in [3.8, 4) is 0 Å².